The summed E-state index contributed by atoms with van der Waals surface area (Å²) < 4.78 is 1.95. The number of benzene rings is 1. The lowest BCUT2D eigenvalue weighted by Crippen LogP contribution is -2.37. The predicted octanol–water partition coefficient (Wildman–Crippen LogP) is 0.973. The summed E-state index contributed by atoms with van der Waals surface area (Å²) in [6.07, 6.45) is 1.66. The molecule has 0 aliphatic carbocycles. The molecule has 0 saturated heterocycles. The van der Waals surface area contributed by atoms with E-state index in [1.807, 2.05) is 34.8 Å². The van der Waals surface area contributed by atoms with Crippen LogP contribution in [-0.2, 0) is 24.7 Å². The van der Waals surface area contributed by atoms with Gasteiger partial charge in [0.15, 0.2) is 0 Å². The van der Waals surface area contributed by atoms with E-state index in [9.17, 15) is 4.79 Å². The molecule has 0 atom stereocenters. The Balaban J connectivity index is 1.94. The lowest BCUT2D eigenvalue weighted by atomic mass is 10.0. The van der Waals surface area contributed by atoms with E-state index in [0.717, 1.165) is 30.6 Å². The van der Waals surface area contributed by atoms with Crippen LogP contribution in [0.3, 0.4) is 0 Å². The first-order valence-corrected chi connectivity index (χ1v) is 7.28. The lowest BCUT2D eigenvalue weighted by Gasteiger charge is -2.19. The maximum atomic E-state index is 11.8. The van der Waals surface area contributed by atoms with Gasteiger partial charge in [-0.25, -0.2) is 0 Å². The molecule has 2 heterocycles. The minimum Gasteiger partial charge on any atom is -0.341 e. The van der Waals surface area contributed by atoms with Crippen LogP contribution in [0, 0.1) is 0 Å². The van der Waals surface area contributed by atoms with Gasteiger partial charge in [0.25, 0.3) is 0 Å². The smallest absolute Gasteiger partial charge is 0.236 e. The molecule has 1 amide bonds. The van der Waals surface area contributed by atoms with Crippen molar-refractivity contribution in [2.24, 2.45) is 12.8 Å². The van der Waals surface area contributed by atoms with Gasteiger partial charge in [0.2, 0.25) is 5.91 Å². The molecule has 3 rings (SSSR count). The molecule has 1 aliphatic heterocycles. The minimum absolute atomic E-state index is 0.0250. The first kappa shape index (κ1) is 13.8. The van der Waals surface area contributed by atoms with Crippen molar-refractivity contribution in [1.82, 2.24) is 14.7 Å². The predicted molar refractivity (Wildman–Crippen MR) is 81.7 cm³/mol. The third-order valence-electron chi connectivity index (χ3n) is 4.10. The molecule has 21 heavy (non-hydrogen) atoms. The number of nitrogens with two attached hydrogens (primary N) is 1. The van der Waals surface area contributed by atoms with Crippen LogP contribution in [-0.4, -0.2) is 40.2 Å². The molecule has 2 aromatic rings. The van der Waals surface area contributed by atoms with Crippen LogP contribution >= 0.6 is 0 Å². The quantitative estimate of drug-likeness (QED) is 0.894. The highest BCUT2D eigenvalue weighted by molar-refractivity contribution is 5.78. The van der Waals surface area contributed by atoms with Crippen LogP contribution in [0.2, 0.25) is 0 Å². The van der Waals surface area contributed by atoms with Gasteiger partial charge in [-0.2, -0.15) is 5.10 Å². The molecule has 0 unspecified atom stereocenters. The number of amides is 1. The second kappa shape index (κ2) is 5.69. The highest BCUT2D eigenvalue weighted by atomic mass is 16.2. The van der Waals surface area contributed by atoms with Gasteiger partial charge in [0.1, 0.15) is 0 Å². The highest BCUT2D eigenvalue weighted by Crippen LogP contribution is 2.27. The average molecular weight is 284 g/mol. The van der Waals surface area contributed by atoms with E-state index in [2.05, 4.69) is 17.2 Å². The molecule has 2 N–H and O–H groups in total. The summed E-state index contributed by atoms with van der Waals surface area (Å²) in [7, 11) is 1.98. The molecule has 0 radical (unpaired) electrons. The fourth-order valence-corrected chi connectivity index (χ4v) is 2.98. The SMILES string of the molecule is Cn1nc(-c2ccccc2)c2c1CCN(C(=O)CN)CC2. The standard InChI is InChI=1S/C16H20N4O/c1-19-14-8-10-20(15(21)11-17)9-7-13(14)16(18-19)12-5-3-2-4-6-12/h2-6H,7-11,17H2,1H3. The molecule has 0 saturated carbocycles. The lowest BCUT2D eigenvalue weighted by molar-refractivity contribution is -0.129. The third-order valence-corrected chi connectivity index (χ3v) is 4.10. The van der Waals surface area contributed by atoms with Crippen molar-refractivity contribution in [2.75, 3.05) is 19.6 Å². The van der Waals surface area contributed by atoms with E-state index in [0.29, 0.717) is 6.54 Å². The van der Waals surface area contributed by atoms with Gasteiger partial charge in [0.05, 0.1) is 12.2 Å². The molecule has 0 fully saturated rings. The van der Waals surface area contributed by atoms with E-state index in [1.54, 1.807) is 0 Å². The number of rotatable bonds is 2. The summed E-state index contributed by atoms with van der Waals surface area (Å²) in [6.45, 7) is 1.52. The largest absolute Gasteiger partial charge is 0.341 e. The van der Waals surface area contributed by atoms with Crippen LogP contribution in [0.25, 0.3) is 11.3 Å². The zero-order valence-corrected chi connectivity index (χ0v) is 12.2. The molecule has 1 aliphatic rings. The van der Waals surface area contributed by atoms with E-state index in [-0.39, 0.29) is 12.5 Å². The summed E-state index contributed by atoms with van der Waals surface area (Å²) >= 11 is 0. The van der Waals surface area contributed by atoms with Gasteiger partial charge < -0.3 is 10.6 Å². The third kappa shape index (κ3) is 2.56. The Bertz CT molecular complexity index is 648. The monoisotopic (exact) mass is 284 g/mol. The Morgan fingerprint density at radius 3 is 2.67 bits per heavy atom. The average Bonchev–Trinajstić information content (AvgIpc) is 2.71. The molecule has 0 bridgehead atoms. The van der Waals surface area contributed by atoms with Crippen molar-refractivity contribution >= 4 is 5.91 Å². The Morgan fingerprint density at radius 1 is 1.24 bits per heavy atom. The molecule has 5 heteroatoms. The number of hydrogen-bond acceptors (Lipinski definition) is 3. The molecular weight excluding hydrogens is 264 g/mol. The normalized spacial score (nSPS) is 14.7. The van der Waals surface area contributed by atoms with E-state index in [1.165, 1.54) is 11.3 Å². The van der Waals surface area contributed by atoms with Gasteiger partial charge in [-0.1, -0.05) is 30.3 Å². The molecule has 110 valence electrons. The highest BCUT2D eigenvalue weighted by Gasteiger charge is 2.23. The second-order valence-electron chi connectivity index (χ2n) is 5.35. The molecule has 5 nitrogen and oxygen atoms in total. The van der Waals surface area contributed by atoms with E-state index >= 15 is 0 Å². The van der Waals surface area contributed by atoms with Crippen molar-refractivity contribution in [2.45, 2.75) is 12.8 Å². The summed E-state index contributed by atoms with van der Waals surface area (Å²) in [5.74, 6) is 0.0250. The Labute approximate surface area is 124 Å². The van der Waals surface area contributed by atoms with Gasteiger partial charge in [0, 0.05) is 43.4 Å². The maximum Gasteiger partial charge on any atom is 0.236 e. The van der Waals surface area contributed by atoms with Gasteiger partial charge >= 0.3 is 0 Å². The zero-order chi connectivity index (χ0) is 14.8. The summed E-state index contributed by atoms with van der Waals surface area (Å²) in [5.41, 5.74) is 10.1. The first-order valence-electron chi connectivity index (χ1n) is 7.28. The van der Waals surface area contributed by atoms with Gasteiger partial charge in [-0.15, -0.1) is 0 Å². The molecule has 1 aromatic carbocycles. The first-order chi connectivity index (χ1) is 10.2. The zero-order valence-electron chi connectivity index (χ0n) is 12.2. The van der Waals surface area contributed by atoms with Gasteiger partial charge in [-0.3, -0.25) is 9.48 Å². The van der Waals surface area contributed by atoms with Crippen LogP contribution < -0.4 is 5.73 Å². The van der Waals surface area contributed by atoms with E-state index in [4.69, 9.17) is 5.73 Å². The Kier molecular flexibility index (Phi) is 3.75. The number of aromatic nitrogens is 2. The van der Waals surface area contributed by atoms with Crippen LogP contribution in [0.4, 0.5) is 0 Å². The number of nitrogens with zero attached hydrogens (tertiary/aromatic N) is 3. The fraction of sp³-hybridized carbons (Fsp3) is 0.375. The van der Waals surface area contributed by atoms with Crippen LogP contribution in [0.15, 0.2) is 30.3 Å². The molecule has 0 spiro atoms. The van der Waals surface area contributed by atoms with Crippen LogP contribution in [0.1, 0.15) is 11.3 Å². The summed E-state index contributed by atoms with van der Waals surface area (Å²) in [4.78, 5) is 13.7. The van der Waals surface area contributed by atoms with Gasteiger partial charge in [-0.05, 0) is 6.42 Å². The molecular formula is C16H20N4O. The van der Waals surface area contributed by atoms with Crippen LogP contribution in [0.5, 0.6) is 0 Å². The van der Waals surface area contributed by atoms with Crippen molar-refractivity contribution in [3.05, 3.63) is 41.6 Å². The van der Waals surface area contributed by atoms with Crippen molar-refractivity contribution in [3.63, 3.8) is 0 Å². The second-order valence-corrected chi connectivity index (χ2v) is 5.35. The Hall–Kier alpha value is -2.14. The number of carbonyl (C=O) groups excluding carboxylic acids is 1. The topological polar surface area (TPSA) is 64.2 Å². The number of fused-ring (bicyclic) bond motifs is 1. The van der Waals surface area contributed by atoms with Crippen molar-refractivity contribution in [1.29, 1.82) is 0 Å². The number of carbonyl (C=O) groups is 1. The fourth-order valence-electron chi connectivity index (χ4n) is 2.98. The summed E-state index contributed by atoms with van der Waals surface area (Å²) in [5, 5.41) is 4.68. The van der Waals surface area contributed by atoms with E-state index < -0.39 is 0 Å². The minimum atomic E-state index is 0.0250. The van der Waals surface area contributed by atoms with Crippen molar-refractivity contribution in [3.8, 4) is 11.3 Å². The van der Waals surface area contributed by atoms with Crippen molar-refractivity contribution < 1.29 is 4.79 Å². The Morgan fingerprint density at radius 2 is 1.95 bits per heavy atom. The number of aryl methyl sites for hydroxylation is 1. The summed E-state index contributed by atoms with van der Waals surface area (Å²) in [6, 6.07) is 10.2. The maximum absolute atomic E-state index is 11.8. The molecule has 1 aromatic heterocycles. The number of hydrogen-bond donors (Lipinski definition) is 1.